The first-order valence-electron chi connectivity index (χ1n) is 9.81. The number of anilines is 1. The first-order valence-corrected chi connectivity index (χ1v) is 10.8. The lowest BCUT2D eigenvalue weighted by Gasteiger charge is -2.17. The van der Waals surface area contributed by atoms with Gasteiger partial charge in [0.05, 0.1) is 20.0 Å². The number of ether oxygens (including phenoxy) is 2. The van der Waals surface area contributed by atoms with Crippen LogP contribution < -0.4 is 14.8 Å². The summed E-state index contributed by atoms with van der Waals surface area (Å²) in [6, 6.07) is 12.1. The number of rotatable bonds is 8. The fourth-order valence-electron chi connectivity index (χ4n) is 2.65. The summed E-state index contributed by atoms with van der Waals surface area (Å²) < 4.78 is 12.2. The van der Waals surface area contributed by atoms with Crippen molar-refractivity contribution in [2.45, 2.75) is 25.9 Å². The summed E-state index contributed by atoms with van der Waals surface area (Å²) in [5.74, 6) is 1.16. The van der Waals surface area contributed by atoms with Crippen molar-refractivity contribution in [2.75, 3.05) is 25.3 Å². The van der Waals surface area contributed by atoms with Gasteiger partial charge >= 0.3 is 0 Å². The molecule has 1 N–H and O–H groups in total. The molecule has 0 bridgehead atoms. The summed E-state index contributed by atoms with van der Waals surface area (Å²) in [6.45, 7) is 5.52. The molecule has 0 spiro atoms. The molecule has 0 saturated heterocycles. The van der Waals surface area contributed by atoms with E-state index in [1.54, 1.807) is 56.7 Å². The maximum Gasteiger partial charge on any atom is 0.229 e. The van der Waals surface area contributed by atoms with E-state index in [1.807, 2.05) is 20.8 Å². The van der Waals surface area contributed by atoms with Crippen LogP contribution in [-0.4, -0.2) is 51.9 Å². The topological polar surface area (TPSA) is 108 Å². The van der Waals surface area contributed by atoms with E-state index >= 15 is 0 Å². The zero-order valence-corrected chi connectivity index (χ0v) is 19.4. The van der Waals surface area contributed by atoms with Crippen molar-refractivity contribution < 1.29 is 19.1 Å². The van der Waals surface area contributed by atoms with Crippen LogP contribution in [0.4, 0.5) is 5.69 Å². The van der Waals surface area contributed by atoms with Gasteiger partial charge in [-0.05, 0) is 46.8 Å². The highest BCUT2D eigenvalue weighted by atomic mass is 32.2. The Labute approximate surface area is 190 Å². The van der Waals surface area contributed by atoms with E-state index in [0.717, 1.165) is 0 Å². The normalized spacial score (nSPS) is 11.2. The number of hydrogen-bond acceptors (Lipinski definition) is 8. The Morgan fingerprint density at radius 1 is 1.06 bits per heavy atom. The highest BCUT2D eigenvalue weighted by Gasteiger charge is 2.21. The lowest BCUT2D eigenvalue weighted by molar-refractivity contribution is -0.123. The lowest BCUT2D eigenvalue weighted by atomic mass is 9.95. The quantitative estimate of drug-likeness (QED) is 0.405. The van der Waals surface area contributed by atoms with E-state index in [2.05, 4.69) is 20.8 Å². The second kappa shape index (κ2) is 9.82. The van der Waals surface area contributed by atoms with E-state index in [0.29, 0.717) is 33.6 Å². The Hall–Kier alpha value is -3.40. The smallest absolute Gasteiger partial charge is 0.229 e. The van der Waals surface area contributed by atoms with Gasteiger partial charge in [-0.3, -0.25) is 9.59 Å². The van der Waals surface area contributed by atoms with Gasteiger partial charge in [0, 0.05) is 22.7 Å². The molecule has 0 fully saturated rings. The largest absolute Gasteiger partial charge is 0.497 e. The van der Waals surface area contributed by atoms with E-state index < -0.39 is 5.41 Å². The van der Waals surface area contributed by atoms with Crippen LogP contribution in [0.2, 0.25) is 0 Å². The number of thioether (sulfide) groups is 1. The summed E-state index contributed by atoms with van der Waals surface area (Å²) in [5.41, 5.74) is 1.28. The van der Waals surface area contributed by atoms with Crippen LogP contribution in [0.3, 0.4) is 0 Å². The second-order valence-electron chi connectivity index (χ2n) is 7.90. The molecule has 3 rings (SSSR count). The standard InChI is InChI=1S/C22H25N5O4S/c1-22(2,3)20(29)23-15-8-6-14(7-9-15)18(28)13-32-21-24-25-26-27(21)17-12-16(30-4)10-11-19(17)31-5/h6-12H,13H2,1-5H3,(H,23,29). The number of amides is 1. The molecule has 9 nitrogen and oxygen atoms in total. The van der Waals surface area contributed by atoms with Crippen molar-refractivity contribution in [1.29, 1.82) is 0 Å². The predicted octanol–water partition coefficient (Wildman–Crippen LogP) is 3.64. The number of carbonyl (C=O) groups excluding carboxylic acids is 2. The molecule has 0 atom stereocenters. The third-order valence-electron chi connectivity index (χ3n) is 4.53. The SMILES string of the molecule is COc1ccc(OC)c(-n2nnnc2SCC(=O)c2ccc(NC(=O)C(C)(C)C)cc2)c1. The van der Waals surface area contributed by atoms with Gasteiger partial charge in [-0.25, -0.2) is 0 Å². The van der Waals surface area contributed by atoms with Gasteiger partial charge in [0.15, 0.2) is 5.78 Å². The van der Waals surface area contributed by atoms with E-state index in [4.69, 9.17) is 9.47 Å². The van der Waals surface area contributed by atoms with Crippen molar-refractivity contribution in [3.05, 3.63) is 48.0 Å². The third-order valence-corrected chi connectivity index (χ3v) is 5.45. The Morgan fingerprint density at radius 2 is 1.78 bits per heavy atom. The van der Waals surface area contributed by atoms with Crippen LogP contribution in [-0.2, 0) is 4.79 Å². The van der Waals surface area contributed by atoms with Gasteiger partial charge in [0.2, 0.25) is 11.1 Å². The summed E-state index contributed by atoms with van der Waals surface area (Å²) in [4.78, 5) is 24.8. The lowest BCUT2D eigenvalue weighted by Crippen LogP contribution is -2.27. The molecule has 0 aliphatic heterocycles. The first-order chi connectivity index (χ1) is 15.2. The van der Waals surface area contributed by atoms with Gasteiger partial charge in [0.25, 0.3) is 0 Å². The molecule has 0 saturated carbocycles. The molecule has 0 aliphatic rings. The average Bonchev–Trinajstić information content (AvgIpc) is 3.25. The molecule has 168 valence electrons. The maximum atomic E-state index is 12.7. The molecule has 32 heavy (non-hydrogen) atoms. The maximum absolute atomic E-state index is 12.7. The number of hydrogen-bond donors (Lipinski definition) is 1. The summed E-state index contributed by atoms with van der Waals surface area (Å²) in [6.07, 6.45) is 0. The number of tetrazole rings is 1. The number of ketones is 1. The summed E-state index contributed by atoms with van der Waals surface area (Å²) >= 11 is 1.21. The number of aromatic nitrogens is 4. The Balaban J connectivity index is 1.69. The zero-order valence-electron chi connectivity index (χ0n) is 18.6. The molecule has 10 heteroatoms. The minimum Gasteiger partial charge on any atom is -0.497 e. The predicted molar refractivity (Wildman–Crippen MR) is 122 cm³/mol. The fourth-order valence-corrected chi connectivity index (χ4v) is 3.43. The Bertz CT molecular complexity index is 1110. The van der Waals surface area contributed by atoms with Crippen LogP contribution in [0.1, 0.15) is 31.1 Å². The Morgan fingerprint density at radius 3 is 2.41 bits per heavy atom. The van der Waals surface area contributed by atoms with Crippen LogP contribution in [0.5, 0.6) is 11.5 Å². The van der Waals surface area contributed by atoms with Crippen molar-refractivity contribution in [3.8, 4) is 17.2 Å². The number of Topliss-reactive ketones (excluding diaryl/α,β-unsaturated/α-hetero) is 1. The number of methoxy groups -OCH3 is 2. The number of carbonyl (C=O) groups is 2. The van der Waals surface area contributed by atoms with Gasteiger partial charge in [0.1, 0.15) is 17.2 Å². The second-order valence-corrected chi connectivity index (χ2v) is 8.85. The van der Waals surface area contributed by atoms with Crippen molar-refractivity contribution in [2.24, 2.45) is 5.41 Å². The monoisotopic (exact) mass is 455 g/mol. The molecular weight excluding hydrogens is 430 g/mol. The molecule has 1 heterocycles. The highest BCUT2D eigenvalue weighted by molar-refractivity contribution is 7.99. The van der Waals surface area contributed by atoms with Crippen molar-refractivity contribution in [3.63, 3.8) is 0 Å². The van der Waals surface area contributed by atoms with E-state index in [9.17, 15) is 9.59 Å². The summed E-state index contributed by atoms with van der Waals surface area (Å²) in [7, 11) is 3.12. The van der Waals surface area contributed by atoms with Crippen LogP contribution in [0.25, 0.3) is 5.69 Å². The summed E-state index contributed by atoms with van der Waals surface area (Å²) in [5, 5.41) is 15.1. The third kappa shape index (κ3) is 5.44. The average molecular weight is 456 g/mol. The number of benzene rings is 2. The van der Waals surface area contributed by atoms with Gasteiger partial charge in [-0.15, -0.1) is 5.10 Å². The van der Waals surface area contributed by atoms with Crippen molar-refractivity contribution in [1.82, 2.24) is 20.2 Å². The van der Waals surface area contributed by atoms with Crippen LogP contribution in [0, 0.1) is 5.41 Å². The van der Waals surface area contributed by atoms with Gasteiger partial charge < -0.3 is 14.8 Å². The van der Waals surface area contributed by atoms with E-state index in [1.165, 1.54) is 16.4 Å². The number of nitrogens with one attached hydrogen (secondary N) is 1. The fraction of sp³-hybridized carbons (Fsp3) is 0.318. The van der Waals surface area contributed by atoms with E-state index in [-0.39, 0.29) is 17.4 Å². The van der Waals surface area contributed by atoms with Gasteiger partial charge in [-0.1, -0.05) is 32.5 Å². The molecule has 2 aromatic carbocycles. The molecule has 1 aromatic heterocycles. The minimum absolute atomic E-state index is 0.0872. The van der Waals surface area contributed by atoms with Crippen molar-refractivity contribution >= 4 is 29.1 Å². The van der Waals surface area contributed by atoms with Gasteiger partial charge in [-0.2, -0.15) is 4.68 Å². The van der Waals surface area contributed by atoms with Crippen LogP contribution in [0.15, 0.2) is 47.6 Å². The highest BCUT2D eigenvalue weighted by Crippen LogP contribution is 2.30. The molecule has 0 aliphatic carbocycles. The molecule has 0 unspecified atom stereocenters. The van der Waals surface area contributed by atoms with Crippen LogP contribution >= 0.6 is 11.8 Å². The Kier molecular flexibility index (Phi) is 7.14. The minimum atomic E-state index is -0.499. The zero-order chi connectivity index (χ0) is 23.3. The molecule has 1 amide bonds. The number of nitrogens with zero attached hydrogens (tertiary/aromatic N) is 4. The first kappa shape index (κ1) is 23.3. The molecular formula is C22H25N5O4S. The molecule has 3 aromatic rings. The molecule has 0 radical (unpaired) electrons.